The van der Waals surface area contributed by atoms with Gasteiger partial charge in [-0.3, -0.25) is 14.5 Å². The molecule has 2 fully saturated rings. The molecule has 2 saturated heterocycles. The van der Waals surface area contributed by atoms with Crippen molar-refractivity contribution in [3.05, 3.63) is 45.9 Å². The summed E-state index contributed by atoms with van der Waals surface area (Å²) < 4.78 is 2.09. The summed E-state index contributed by atoms with van der Waals surface area (Å²) >= 11 is 0. The zero-order valence-corrected chi connectivity index (χ0v) is 15.7. The minimum atomic E-state index is -0.337. The highest BCUT2D eigenvalue weighted by Gasteiger charge is 2.30. The van der Waals surface area contributed by atoms with Crippen molar-refractivity contribution in [1.82, 2.24) is 29.5 Å². The molecule has 2 aliphatic heterocycles. The highest BCUT2D eigenvalue weighted by atomic mass is 16.2. The molecular weight excluding hydrogens is 344 g/mol. The van der Waals surface area contributed by atoms with Gasteiger partial charge in [0.05, 0.1) is 6.54 Å². The zero-order valence-electron chi connectivity index (χ0n) is 15.7. The molecule has 4 heterocycles. The van der Waals surface area contributed by atoms with Crippen molar-refractivity contribution in [2.24, 2.45) is 7.05 Å². The third-order valence-electron chi connectivity index (χ3n) is 5.68. The highest BCUT2D eigenvalue weighted by Crippen LogP contribution is 2.27. The number of hydrogen-bond donors (Lipinski definition) is 1. The molecule has 144 valence electrons. The fraction of sp³-hybridized carbons (Fsp3) is 0.579. The van der Waals surface area contributed by atoms with E-state index >= 15 is 0 Å². The Hall–Kier alpha value is -2.48. The van der Waals surface area contributed by atoms with E-state index in [1.165, 1.54) is 12.8 Å². The number of piperidine rings is 1. The van der Waals surface area contributed by atoms with Gasteiger partial charge in [-0.25, -0.2) is 0 Å². The molecule has 0 saturated carbocycles. The van der Waals surface area contributed by atoms with Crippen molar-refractivity contribution in [3.8, 4) is 0 Å². The van der Waals surface area contributed by atoms with E-state index in [1.54, 1.807) is 23.2 Å². The molecule has 1 atom stereocenters. The normalized spacial score (nSPS) is 20.9. The summed E-state index contributed by atoms with van der Waals surface area (Å²) in [6.45, 7) is 4.32. The number of H-pyrrole nitrogens is 1. The fourth-order valence-corrected chi connectivity index (χ4v) is 4.14. The van der Waals surface area contributed by atoms with Crippen molar-refractivity contribution in [2.75, 3.05) is 26.2 Å². The van der Waals surface area contributed by atoms with Crippen LogP contribution in [-0.2, 0) is 13.6 Å². The van der Waals surface area contributed by atoms with Gasteiger partial charge in [-0.2, -0.15) is 0 Å². The van der Waals surface area contributed by atoms with E-state index < -0.39 is 0 Å². The maximum Gasteiger partial charge on any atom is 0.260 e. The second-order valence-corrected chi connectivity index (χ2v) is 7.52. The molecule has 8 nitrogen and oxygen atoms in total. The standard InChI is InChI=1S/C19H26N6O2/c1-23-16(13-24-9-2-3-10-24)21-22-17(23)14-6-5-11-25(12-14)19(27)15-7-4-8-20-18(15)26/h4,7-8,14H,2-3,5-6,9-13H2,1H3,(H,20,26)/t14-/m0/s1. The van der Waals surface area contributed by atoms with E-state index in [9.17, 15) is 9.59 Å². The SMILES string of the molecule is Cn1c(CN2CCCC2)nnc1[C@H]1CCCN(C(=O)c2ccc[nH]c2=O)C1. The number of pyridine rings is 1. The molecule has 2 aliphatic rings. The van der Waals surface area contributed by atoms with Gasteiger partial charge in [-0.1, -0.05) is 0 Å². The van der Waals surface area contributed by atoms with Gasteiger partial charge in [0.25, 0.3) is 11.5 Å². The number of carbonyl (C=O) groups excluding carboxylic acids is 1. The monoisotopic (exact) mass is 370 g/mol. The Kier molecular flexibility index (Phi) is 5.07. The maximum absolute atomic E-state index is 12.8. The summed E-state index contributed by atoms with van der Waals surface area (Å²) in [5.74, 6) is 1.86. The van der Waals surface area contributed by atoms with Gasteiger partial charge >= 0.3 is 0 Å². The number of nitrogens with one attached hydrogen (secondary N) is 1. The number of rotatable bonds is 4. The molecule has 2 aromatic rings. The molecule has 4 rings (SSSR count). The molecule has 8 heteroatoms. The first-order valence-corrected chi connectivity index (χ1v) is 9.71. The number of amides is 1. The van der Waals surface area contributed by atoms with Crippen molar-refractivity contribution >= 4 is 5.91 Å². The summed E-state index contributed by atoms with van der Waals surface area (Å²) in [6.07, 6.45) is 5.92. The lowest BCUT2D eigenvalue weighted by Gasteiger charge is -2.32. The van der Waals surface area contributed by atoms with Gasteiger partial charge in [0.1, 0.15) is 17.2 Å². The lowest BCUT2D eigenvalue weighted by molar-refractivity contribution is 0.0701. The Morgan fingerprint density at radius 3 is 2.81 bits per heavy atom. The third kappa shape index (κ3) is 3.66. The minimum Gasteiger partial charge on any atom is -0.338 e. The van der Waals surface area contributed by atoms with Crippen molar-refractivity contribution in [2.45, 2.75) is 38.1 Å². The molecule has 0 aliphatic carbocycles. The molecule has 0 aromatic carbocycles. The lowest BCUT2D eigenvalue weighted by atomic mass is 9.96. The van der Waals surface area contributed by atoms with Crippen LogP contribution in [0.5, 0.6) is 0 Å². The molecule has 0 unspecified atom stereocenters. The van der Waals surface area contributed by atoms with Crippen molar-refractivity contribution in [1.29, 1.82) is 0 Å². The van der Waals surface area contributed by atoms with Gasteiger partial charge in [-0.15, -0.1) is 10.2 Å². The topological polar surface area (TPSA) is 87.1 Å². The first-order chi connectivity index (χ1) is 13.1. The van der Waals surface area contributed by atoms with Gasteiger partial charge in [0.2, 0.25) is 0 Å². The summed E-state index contributed by atoms with van der Waals surface area (Å²) in [7, 11) is 2.02. The lowest BCUT2D eigenvalue weighted by Crippen LogP contribution is -2.41. The van der Waals surface area contributed by atoms with Crippen LogP contribution >= 0.6 is 0 Å². The van der Waals surface area contributed by atoms with Crippen LogP contribution < -0.4 is 5.56 Å². The molecule has 0 spiro atoms. The summed E-state index contributed by atoms with van der Waals surface area (Å²) in [4.78, 5) is 31.5. The van der Waals surface area contributed by atoms with Gasteiger partial charge in [0, 0.05) is 32.3 Å². The average Bonchev–Trinajstić information content (AvgIpc) is 3.32. The van der Waals surface area contributed by atoms with Crippen LogP contribution in [-0.4, -0.2) is 61.6 Å². The third-order valence-corrected chi connectivity index (χ3v) is 5.68. The predicted octanol–water partition coefficient (Wildman–Crippen LogP) is 1.12. The molecule has 0 bridgehead atoms. The van der Waals surface area contributed by atoms with Gasteiger partial charge < -0.3 is 14.5 Å². The van der Waals surface area contributed by atoms with Crippen LogP contribution in [0.25, 0.3) is 0 Å². The van der Waals surface area contributed by atoms with E-state index in [0.717, 1.165) is 44.1 Å². The number of aromatic amines is 1. The molecule has 1 N–H and O–H groups in total. The first kappa shape index (κ1) is 17.9. The van der Waals surface area contributed by atoms with E-state index in [1.807, 2.05) is 7.05 Å². The second-order valence-electron chi connectivity index (χ2n) is 7.52. The van der Waals surface area contributed by atoms with E-state index in [4.69, 9.17) is 0 Å². The number of aromatic nitrogens is 4. The first-order valence-electron chi connectivity index (χ1n) is 9.71. The van der Waals surface area contributed by atoms with Crippen LogP contribution in [0.15, 0.2) is 23.1 Å². The number of carbonyl (C=O) groups is 1. The van der Waals surface area contributed by atoms with Gasteiger partial charge in [-0.05, 0) is 50.9 Å². The summed E-state index contributed by atoms with van der Waals surface area (Å²) in [5, 5.41) is 8.86. The Labute approximate surface area is 158 Å². The van der Waals surface area contributed by atoms with E-state index in [-0.39, 0.29) is 22.9 Å². The predicted molar refractivity (Wildman–Crippen MR) is 100 cm³/mol. The molecule has 1 amide bonds. The number of hydrogen-bond acceptors (Lipinski definition) is 5. The van der Waals surface area contributed by atoms with Crippen LogP contribution in [0.4, 0.5) is 0 Å². The molecular formula is C19H26N6O2. The van der Waals surface area contributed by atoms with Crippen LogP contribution in [0.2, 0.25) is 0 Å². The number of nitrogens with zero attached hydrogens (tertiary/aromatic N) is 5. The van der Waals surface area contributed by atoms with E-state index in [2.05, 4.69) is 24.6 Å². The zero-order chi connectivity index (χ0) is 18.8. The minimum absolute atomic E-state index is 0.148. The molecule has 27 heavy (non-hydrogen) atoms. The maximum atomic E-state index is 12.8. The van der Waals surface area contributed by atoms with Crippen LogP contribution in [0.1, 0.15) is 53.6 Å². The Balaban J connectivity index is 1.48. The highest BCUT2D eigenvalue weighted by molar-refractivity contribution is 5.93. The second kappa shape index (κ2) is 7.64. The Morgan fingerprint density at radius 2 is 2.04 bits per heavy atom. The quantitative estimate of drug-likeness (QED) is 0.871. The van der Waals surface area contributed by atoms with Crippen LogP contribution in [0.3, 0.4) is 0 Å². The Bertz CT molecular complexity index is 867. The van der Waals surface area contributed by atoms with Gasteiger partial charge in [0.15, 0.2) is 0 Å². The fourth-order valence-electron chi connectivity index (χ4n) is 4.14. The summed E-state index contributed by atoms with van der Waals surface area (Å²) in [5.41, 5.74) is -0.137. The van der Waals surface area contributed by atoms with E-state index in [0.29, 0.717) is 13.1 Å². The largest absolute Gasteiger partial charge is 0.338 e. The van der Waals surface area contributed by atoms with Crippen molar-refractivity contribution in [3.63, 3.8) is 0 Å². The Morgan fingerprint density at radius 1 is 1.22 bits per heavy atom. The smallest absolute Gasteiger partial charge is 0.260 e. The average molecular weight is 370 g/mol. The summed E-state index contributed by atoms with van der Waals surface area (Å²) in [6, 6.07) is 3.27. The molecule has 2 aromatic heterocycles. The number of likely N-dealkylation sites (tertiary alicyclic amines) is 2. The van der Waals surface area contributed by atoms with Crippen LogP contribution in [0, 0.1) is 0 Å². The molecule has 0 radical (unpaired) electrons. The van der Waals surface area contributed by atoms with Crippen molar-refractivity contribution < 1.29 is 4.79 Å².